The third-order valence-corrected chi connectivity index (χ3v) is 5.62. The fourth-order valence-electron chi connectivity index (χ4n) is 3.25. The van der Waals surface area contributed by atoms with Crippen molar-refractivity contribution in [3.63, 3.8) is 0 Å². The van der Waals surface area contributed by atoms with Gasteiger partial charge in [-0.1, -0.05) is 18.2 Å². The molecule has 3 N–H and O–H groups in total. The van der Waals surface area contributed by atoms with Crippen molar-refractivity contribution in [2.75, 3.05) is 12.8 Å². The van der Waals surface area contributed by atoms with Crippen molar-refractivity contribution in [1.82, 2.24) is 9.55 Å². The second-order valence-corrected chi connectivity index (χ2v) is 8.61. The molecular formula is C18H21N2O8P. The number of nitrogens with zero attached hydrogens (tertiary/aromatic N) is 1. The fourth-order valence-corrected chi connectivity index (χ4v) is 4.24. The zero-order valence-corrected chi connectivity index (χ0v) is 16.5. The molecule has 11 heteroatoms. The van der Waals surface area contributed by atoms with E-state index in [2.05, 4.69) is 4.98 Å². The molecule has 0 unspecified atom stereocenters. The van der Waals surface area contributed by atoms with E-state index in [9.17, 15) is 28.7 Å². The number of rotatable bonds is 6. The van der Waals surface area contributed by atoms with Crippen LogP contribution in [0.4, 0.5) is 0 Å². The van der Waals surface area contributed by atoms with E-state index in [0.717, 1.165) is 0 Å². The summed E-state index contributed by atoms with van der Waals surface area (Å²) in [6.07, 6.45) is -0.703. The molecular weight excluding hydrogens is 403 g/mol. The molecule has 1 fully saturated rings. The number of aryl methyl sites for hydroxylation is 1. The zero-order valence-electron chi connectivity index (χ0n) is 15.6. The molecule has 3 rings (SSSR count). The quantitative estimate of drug-likeness (QED) is 0.455. The Hall–Kier alpha value is -2.52. The Morgan fingerprint density at radius 1 is 1.31 bits per heavy atom. The number of hydrogen-bond acceptors (Lipinski definition) is 6. The predicted octanol–water partition coefficient (Wildman–Crippen LogP) is 0.783. The van der Waals surface area contributed by atoms with E-state index >= 15 is 0 Å². The molecule has 1 saturated heterocycles. The first-order valence-corrected chi connectivity index (χ1v) is 10.7. The minimum absolute atomic E-state index is 0.115. The molecule has 1 aromatic carbocycles. The number of benzene rings is 1. The molecule has 0 bridgehead atoms. The Bertz CT molecular complexity index is 1040. The number of aromatic amines is 1. The molecule has 2 aromatic rings. The van der Waals surface area contributed by atoms with Crippen molar-refractivity contribution in [2.24, 2.45) is 5.92 Å². The zero-order chi connectivity index (χ0) is 21.2. The predicted molar refractivity (Wildman–Crippen MR) is 102 cm³/mol. The van der Waals surface area contributed by atoms with Crippen LogP contribution >= 0.6 is 7.60 Å². The molecule has 1 aliphatic heterocycles. The van der Waals surface area contributed by atoms with Gasteiger partial charge in [-0.25, -0.2) is 9.59 Å². The van der Waals surface area contributed by atoms with Crippen LogP contribution in [0.5, 0.6) is 0 Å². The third-order valence-electron chi connectivity index (χ3n) is 4.68. The summed E-state index contributed by atoms with van der Waals surface area (Å²) in [5.41, 5.74) is -0.591. The van der Waals surface area contributed by atoms with E-state index in [4.69, 9.17) is 9.47 Å². The number of esters is 1. The molecule has 0 saturated carbocycles. The standard InChI is InChI=1S/C18H21N2O8P/c1-11-8-20(18(23)19-16(11)21)15-7-13(10-29(24,25)26)14(28-15)9-27-17(22)12-5-3-2-4-6-12/h2-6,8,13-15H,7,9-10H2,1H3,(H,19,21,23)(H2,24,25,26)/t13-,14-,15-/m1/s1. The highest BCUT2D eigenvalue weighted by molar-refractivity contribution is 7.51. The van der Waals surface area contributed by atoms with Crippen LogP contribution in [0.3, 0.4) is 0 Å². The lowest BCUT2D eigenvalue weighted by molar-refractivity contribution is -0.0402. The van der Waals surface area contributed by atoms with Crippen LogP contribution in [0.15, 0.2) is 46.1 Å². The Kier molecular flexibility index (Phi) is 6.18. The average Bonchev–Trinajstić information content (AvgIpc) is 3.04. The Balaban J connectivity index is 1.78. The minimum Gasteiger partial charge on any atom is -0.459 e. The average molecular weight is 424 g/mol. The molecule has 3 atom stereocenters. The summed E-state index contributed by atoms with van der Waals surface area (Å²) >= 11 is 0. The van der Waals surface area contributed by atoms with Gasteiger partial charge in [0, 0.05) is 17.7 Å². The van der Waals surface area contributed by atoms with Gasteiger partial charge >= 0.3 is 19.3 Å². The lowest BCUT2D eigenvalue weighted by atomic mass is 10.0. The lowest BCUT2D eigenvalue weighted by Crippen LogP contribution is -2.33. The monoisotopic (exact) mass is 424 g/mol. The van der Waals surface area contributed by atoms with E-state index in [1.807, 2.05) is 0 Å². The highest BCUT2D eigenvalue weighted by Gasteiger charge is 2.40. The van der Waals surface area contributed by atoms with Crippen molar-refractivity contribution < 1.29 is 28.6 Å². The number of H-pyrrole nitrogens is 1. The van der Waals surface area contributed by atoms with Gasteiger partial charge in [0.25, 0.3) is 5.56 Å². The Morgan fingerprint density at radius 2 is 2.00 bits per heavy atom. The van der Waals surface area contributed by atoms with Crippen LogP contribution in [0.2, 0.25) is 0 Å². The van der Waals surface area contributed by atoms with Gasteiger partial charge in [-0.2, -0.15) is 0 Å². The summed E-state index contributed by atoms with van der Waals surface area (Å²) in [5, 5.41) is 0. The fraction of sp³-hybridized carbons (Fsp3) is 0.389. The number of ether oxygens (including phenoxy) is 2. The first kappa shape index (κ1) is 21.2. The summed E-state index contributed by atoms with van der Waals surface area (Å²) in [6, 6.07) is 8.27. The lowest BCUT2D eigenvalue weighted by Gasteiger charge is -2.19. The van der Waals surface area contributed by atoms with E-state index in [1.54, 1.807) is 30.3 Å². The first-order valence-electron chi connectivity index (χ1n) is 8.88. The topological polar surface area (TPSA) is 148 Å². The second kappa shape index (κ2) is 8.46. The minimum atomic E-state index is -4.37. The van der Waals surface area contributed by atoms with Crippen molar-refractivity contribution in [3.05, 3.63) is 68.5 Å². The van der Waals surface area contributed by atoms with Crippen LogP contribution < -0.4 is 11.2 Å². The molecule has 1 aliphatic rings. The smallest absolute Gasteiger partial charge is 0.338 e. The summed E-state index contributed by atoms with van der Waals surface area (Å²) in [6.45, 7) is 1.29. The molecule has 0 spiro atoms. The number of hydrogen-bond donors (Lipinski definition) is 3. The van der Waals surface area contributed by atoms with E-state index < -0.39 is 49.2 Å². The number of nitrogens with one attached hydrogen (secondary N) is 1. The number of aromatic nitrogens is 2. The van der Waals surface area contributed by atoms with Crippen molar-refractivity contribution in [3.8, 4) is 0 Å². The maximum absolute atomic E-state index is 12.2. The van der Waals surface area contributed by atoms with Gasteiger partial charge < -0.3 is 19.3 Å². The summed E-state index contributed by atoms with van der Waals surface area (Å²) in [7, 11) is -4.37. The molecule has 0 amide bonds. The van der Waals surface area contributed by atoms with E-state index in [-0.39, 0.29) is 13.0 Å². The van der Waals surface area contributed by atoms with Gasteiger partial charge in [0.1, 0.15) is 12.8 Å². The Labute approximate surface area is 165 Å². The van der Waals surface area contributed by atoms with E-state index in [0.29, 0.717) is 11.1 Å². The van der Waals surface area contributed by atoms with Crippen LogP contribution in [-0.2, 0) is 14.0 Å². The maximum atomic E-state index is 12.2. The highest BCUT2D eigenvalue weighted by Crippen LogP contribution is 2.44. The molecule has 29 heavy (non-hydrogen) atoms. The normalized spacial score (nSPS) is 21.8. The van der Waals surface area contributed by atoms with Gasteiger partial charge in [0.15, 0.2) is 0 Å². The van der Waals surface area contributed by atoms with Gasteiger partial charge in [0.2, 0.25) is 0 Å². The summed E-state index contributed by atoms with van der Waals surface area (Å²) in [5.74, 6) is -1.24. The first-order chi connectivity index (χ1) is 13.6. The maximum Gasteiger partial charge on any atom is 0.338 e. The van der Waals surface area contributed by atoms with Gasteiger partial charge in [-0.05, 0) is 25.5 Å². The Morgan fingerprint density at radius 3 is 2.66 bits per heavy atom. The van der Waals surface area contributed by atoms with Crippen LogP contribution in [0.1, 0.15) is 28.6 Å². The van der Waals surface area contributed by atoms with Gasteiger partial charge in [0.05, 0.1) is 17.8 Å². The number of carbonyl (C=O) groups is 1. The molecule has 156 valence electrons. The largest absolute Gasteiger partial charge is 0.459 e. The summed E-state index contributed by atoms with van der Waals surface area (Å²) < 4.78 is 23.7. The van der Waals surface area contributed by atoms with Crippen LogP contribution in [0.25, 0.3) is 0 Å². The van der Waals surface area contributed by atoms with Crippen LogP contribution in [0, 0.1) is 12.8 Å². The summed E-state index contributed by atoms with van der Waals surface area (Å²) in [4.78, 5) is 56.8. The third kappa shape index (κ3) is 5.30. The number of carbonyl (C=O) groups excluding carboxylic acids is 1. The molecule has 0 radical (unpaired) electrons. The van der Waals surface area contributed by atoms with Crippen LogP contribution in [-0.4, -0.2) is 44.2 Å². The van der Waals surface area contributed by atoms with Crippen molar-refractivity contribution in [1.29, 1.82) is 0 Å². The molecule has 2 heterocycles. The molecule has 10 nitrogen and oxygen atoms in total. The highest BCUT2D eigenvalue weighted by atomic mass is 31.2. The molecule has 0 aliphatic carbocycles. The SMILES string of the molecule is Cc1cn([C@H]2C[C@H](CP(=O)(O)O)[C@@H](COC(=O)c3ccccc3)O2)c(=O)[nH]c1=O. The van der Waals surface area contributed by atoms with Gasteiger partial charge in [-0.3, -0.25) is 18.9 Å². The van der Waals surface area contributed by atoms with Crippen molar-refractivity contribution >= 4 is 13.6 Å². The molecule has 1 aromatic heterocycles. The second-order valence-electron chi connectivity index (χ2n) is 6.92. The van der Waals surface area contributed by atoms with Gasteiger partial charge in [-0.15, -0.1) is 0 Å². The van der Waals surface area contributed by atoms with Crippen molar-refractivity contribution in [2.45, 2.75) is 25.7 Å². The van der Waals surface area contributed by atoms with E-state index in [1.165, 1.54) is 17.7 Å².